The first-order chi connectivity index (χ1) is 11.1. The van der Waals surface area contributed by atoms with Crippen LogP contribution in [0.15, 0.2) is 54.6 Å². The van der Waals surface area contributed by atoms with Gasteiger partial charge in [-0.1, -0.05) is 30.3 Å². The third-order valence-electron chi connectivity index (χ3n) is 3.62. The van der Waals surface area contributed by atoms with Crippen molar-refractivity contribution in [3.8, 4) is 5.75 Å². The molecule has 0 heterocycles. The van der Waals surface area contributed by atoms with Crippen LogP contribution in [0.25, 0.3) is 0 Å². The second-order valence-corrected chi connectivity index (χ2v) is 5.62. The number of hydrogen-bond donors (Lipinski definition) is 1. The quantitative estimate of drug-likeness (QED) is 0.854. The lowest BCUT2D eigenvalue weighted by Gasteiger charge is -2.20. The number of rotatable bonds is 7. The highest BCUT2D eigenvalue weighted by Gasteiger charge is 2.14. The number of hydrogen-bond acceptors (Lipinski definition) is 3. The Balaban J connectivity index is 1.76. The number of nitrogens with zero attached hydrogens (tertiary/aromatic N) is 1. The second-order valence-electron chi connectivity index (χ2n) is 5.62. The summed E-state index contributed by atoms with van der Waals surface area (Å²) < 4.78 is 5.67. The first-order valence-electron chi connectivity index (χ1n) is 7.83. The standard InChI is InChI=1S/C19H24N2O2/c1-15-8-7-11-18(14-15)23-16(2)19(22)20-12-13-21(3)17-9-5-4-6-10-17/h4-11,14,16H,12-13H2,1-3H3,(H,20,22). The van der Waals surface area contributed by atoms with Gasteiger partial charge < -0.3 is 15.0 Å². The summed E-state index contributed by atoms with van der Waals surface area (Å²) >= 11 is 0. The molecular formula is C19H24N2O2. The van der Waals surface area contributed by atoms with E-state index in [1.807, 2.05) is 68.6 Å². The maximum absolute atomic E-state index is 12.1. The van der Waals surface area contributed by atoms with E-state index in [2.05, 4.69) is 10.2 Å². The van der Waals surface area contributed by atoms with Crippen LogP contribution in [0.3, 0.4) is 0 Å². The number of likely N-dealkylation sites (N-methyl/N-ethyl adjacent to an activating group) is 1. The average Bonchev–Trinajstić information content (AvgIpc) is 2.55. The minimum atomic E-state index is -0.515. The van der Waals surface area contributed by atoms with E-state index < -0.39 is 6.10 Å². The van der Waals surface area contributed by atoms with Crippen molar-refractivity contribution < 1.29 is 9.53 Å². The largest absolute Gasteiger partial charge is 0.481 e. The molecule has 0 saturated heterocycles. The Labute approximate surface area is 138 Å². The summed E-state index contributed by atoms with van der Waals surface area (Å²) in [5.41, 5.74) is 2.24. The predicted octanol–water partition coefficient (Wildman–Crippen LogP) is 3.01. The topological polar surface area (TPSA) is 41.6 Å². The molecule has 2 aromatic rings. The fraction of sp³-hybridized carbons (Fsp3) is 0.316. The first-order valence-corrected chi connectivity index (χ1v) is 7.83. The molecule has 0 aliphatic carbocycles. The van der Waals surface area contributed by atoms with E-state index in [1.165, 1.54) is 0 Å². The van der Waals surface area contributed by atoms with Crippen molar-refractivity contribution >= 4 is 11.6 Å². The summed E-state index contributed by atoms with van der Waals surface area (Å²) in [5.74, 6) is 0.613. The molecule has 0 aliphatic heterocycles. The van der Waals surface area contributed by atoms with Crippen LogP contribution in [0.2, 0.25) is 0 Å². The number of para-hydroxylation sites is 1. The summed E-state index contributed by atoms with van der Waals surface area (Å²) in [6.07, 6.45) is -0.515. The van der Waals surface area contributed by atoms with E-state index in [1.54, 1.807) is 6.92 Å². The Morgan fingerprint density at radius 2 is 1.91 bits per heavy atom. The zero-order valence-electron chi connectivity index (χ0n) is 14.0. The van der Waals surface area contributed by atoms with Crippen molar-refractivity contribution in [2.24, 2.45) is 0 Å². The number of benzene rings is 2. The normalized spacial score (nSPS) is 11.6. The molecule has 1 atom stereocenters. The third-order valence-corrected chi connectivity index (χ3v) is 3.62. The second kappa shape index (κ2) is 8.22. The van der Waals surface area contributed by atoms with Crippen LogP contribution in [-0.4, -0.2) is 32.1 Å². The van der Waals surface area contributed by atoms with Gasteiger partial charge in [0.25, 0.3) is 5.91 Å². The minimum Gasteiger partial charge on any atom is -0.481 e. The molecule has 23 heavy (non-hydrogen) atoms. The highest BCUT2D eigenvalue weighted by molar-refractivity contribution is 5.80. The zero-order chi connectivity index (χ0) is 16.7. The highest BCUT2D eigenvalue weighted by Crippen LogP contribution is 2.14. The van der Waals surface area contributed by atoms with Gasteiger partial charge in [-0.15, -0.1) is 0 Å². The zero-order valence-corrected chi connectivity index (χ0v) is 14.0. The fourth-order valence-corrected chi connectivity index (χ4v) is 2.25. The number of anilines is 1. The number of nitrogens with one attached hydrogen (secondary N) is 1. The van der Waals surface area contributed by atoms with Gasteiger partial charge in [0.2, 0.25) is 0 Å². The Morgan fingerprint density at radius 1 is 1.17 bits per heavy atom. The van der Waals surface area contributed by atoms with E-state index >= 15 is 0 Å². The van der Waals surface area contributed by atoms with Gasteiger partial charge in [0.1, 0.15) is 5.75 Å². The summed E-state index contributed by atoms with van der Waals surface area (Å²) in [6, 6.07) is 17.8. The summed E-state index contributed by atoms with van der Waals surface area (Å²) in [6.45, 7) is 5.08. The van der Waals surface area contributed by atoms with Crippen LogP contribution in [0.4, 0.5) is 5.69 Å². The van der Waals surface area contributed by atoms with Gasteiger partial charge in [-0.3, -0.25) is 4.79 Å². The van der Waals surface area contributed by atoms with Gasteiger partial charge in [-0.05, 0) is 43.7 Å². The Hall–Kier alpha value is -2.49. The van der Waals surface area contributed by atoms with Crippen LogP contribution in [0.5, 0.6) is 5.75 Å². The molecule has 0 spiro atoms. The molecule has 0 bridgehead atoms. The average molecular weight is 312 g/mol. The summed E-state index contributed by atoms with van der Waals surface area (Å²) in [4.78, 5) is 14.2. The highest BCUT2D eigenvalue weighted by atomic mass is 16.5. The molecule has 2 rings (SSSR count). The van der Waals surface area contributed by atoms with Crippen molar-refractivity contribution in [2.75, 3.05) is 25.0 Å². The van der Waals surface area contributed by atoms with Crippen LogP contribution >= 0.6 is 0 Å². The maximum Gasteiger partial charge on any atom is 0.260 e. The molecule has 0 saturated carbocycles. The van der Waals surface area contributed by atoms with Crippen molar-refractivity contribution in [1.82, 2.24) is 5.32 Å². The lowest BCUT2D eigenvalue weighted by atomic mass is 10.2. The van der Waals surface area contributed by atoms with E-state index in [0.717, 1.165) is 17.8 Å². The lowest BCUT2D eigenvalue weighted by molar-refractivity contribution is -0.127. The van der Waals surface area contributed by atoms with Crippen molar-refractivity contribution in [1.29, 1.82) is 0 Å². The van der Waals surface area contributed by atoms with Crippen molar-refractivity contribution in [3.05, 3.63) is 60.2 Å². The van der Waals surface area contributed by atoms with E-state index in [-0.39, 0.29) is 5.91 Å². The van der Waals surface area contributed by atoms with E-state index in [0.29, 0.717) is 12.3 Å². The van der Waals surface area contributed by atoms with Gasteiger partial charge in [0, 0.05) is 25.8 Å². The number of carbonyl (C=O) groups is 1. The van der Waals surface area contributed by atoms with Gasteiger partial charge in [0.05, 0.1) is 0 Å². The van der Waals surface area contributed by atoms with Crippen LogP contribution in [0, 0.1) is 6.92 Å². The van der Waals surface area contributed by atoms with Crippen LogP contribution in [-0.2, 0) is 4.79 Å². The molecule has 0 radical (unpaired) electrons. The smallest absolute Gasteiger partial charge is 0.260 e. The summed E-state index contributed by atoms with van der Waals surface area (Å²) in [7, 11) is 2.01. The monoisotopic (exact) mass is 312 g/mol. The molecule has 2 aromatic carbocycles. The maximum atomic E-state index is 12.1. The molecule has 4 heteroatoms. The molecule has 1 N–H and O–H groups in total. The van der Waals surface area contributed by atoms with E-state index in [4.69, 9.17) is 4.74 Å². The van der Waals surface area contributed by atoms with Crippen molar-refractivity contribution in [2.45, 2.75) is 20.0 Å². The third kappa shape index (κ3) is 5.33. The fourth-order valence-electron chi connectivity index (χ4n) is 2.25. The SMILES string of the molecule is Cc1cccc(OC(C)C(=O)NCCN(C)c2ccccc2)c1. The van der Waals surface area contributed by atoms with Crippen LogP contribution < -0.4 is 15.0 Å². The van der Waals surface area contributed by atoms with Gasteiger partial charge in [-0.2, -0.15) is 0 Å². The molecule has 0 aliphatic rings. The Kier molecular flexibility index (Phi) is 6.03. The molecular weight excluding hydrogens is 288 g/mol. The number of ether oxygens (including phenoxy) is 1. The lowest BCUT2D eigenvalue weighted by Crippen LogP contribution is -2.40. The Bertz CT molecular complexity index is 628. The minimum absolute atomic E-state index is 0.104. The molecule has 0 fully saturated rings. The molecule has 1 amide bonds. The molecule has 0 aromatic heterocycles. The molecule has 1 unspecified atom stereocenters. The summed E-state index contributed by atoms with van der Waals surface area (Å²) in [5, 5.41) is 2.91. The first kappa shape index (κ1) is 16.9. The van der Waals surface area contributed by atoms with Gasteiger partial charge in [0.15, 0.2) is 6.10 Å². The van der Waals surface area contributed by atoms with E-state index in [9.17, 15) is 4.79 Å². The van der Waals surface area contributed by atoms with Crippen LogP contribution in [0.1, 0.15) is 12.5 Å². The predicted molar refractivity (Wildman–Crippen MR) is 94.0 cm³/mol. The van der Waals surface area contributed by atoms with Gasteiger partial charge >= 0.3 is 0 Å². The number of carbonyl (C=O) groups excluding carboxylic acids is 1. The number of amides is 1. The molecule has 122 valence electrons. The molecule has 4 nitrogen and oxygen atoms in total. The number of aryl methyl sites for hydroxylation is 1. The Morgan fingerprint density at radius 3 is 2.61 bits per heavy atom. The van der Waals surface area contributed by atoms with Crippen molar-refractivity contribution in [3.63, 3.8) is 0 Å². The van der Waals surface area contributed by atoms with Gasteiger partial charge in [-0.25, -0.2) is 0 Å².